The Morgan fingerprint density at radius 2 is 2.10 bits per heavy atom. The average molecular weight is 442 g/mol. The van der Waals surface area contributed by atoms with E-state index >= 15 is 0 Å². The number of aliphatic imine (C=N–C) groups is 1. The molecule has 3 rings (SSSR count). The molecule has 0 unspecified atom stereocenters. The van der Waals surface area contributed by atoms with Crippen LogP contribution in [0.15, 0.2) is 34.2 Å². The van der Waals surface area contributed by atoms with Crippen LogP contribution in [0.3, 0.4) is 0 Å². The minimum absolute atomic E-state index is 0.130. The Kier molecular flexibility index (Phi) is 6.93. The molecule has 2 heterocycles. The third-order valence-electron chi connectivity index (χ3n) is 4.79. The van der Waals surface area contributed by atoms with E-state index in [1.807, 2.05) is 0 Å². The first-order valence-corrected chi connectivity index (χ1v) is 10.2. The van der Waals surface area contributed by atoms with Gasteiger partial charge in [0.25, 0.3) is 0 Å². The second-order valence-corrected chi connectivity index (χ2v) is 8.23. The van der Waals surface area contributed by atoms with Crippen molar-refractivity contribution in [3.63, 3.8) is 0 Å². The van der Waals surface area contributed by atoms with Gasteiger partial charge in [-0.1, -0.05) is 29.7 Å². The molecule has 2 aliphatic heterocycles. The first-order valence-electron chi connectivity index (χ1n) is 9.04. The maximum Gasteiger partial charge on any atom is 0.416 e. The highest BCUT2D eigenvalue weighted by atomic mass is 35.5. The van der Waals surface area contributed by atoms with Crippen molar-refractivity contribution in [2.75, 3.05) is 19.6 Å². The Morgan fingerprint density at radius 3 is 2.72 bits per heavy atom. The highest BCUT2D eigenvalue weighted by molar-refractivity contribution is 8.18. The summed E-state index contributed by atoms with van der Waals surface area (Å²) in [6.45, 7) is 2.38. The standard InChI is InChI=1S/C20H19ClF3N3OS/c1-2-7-25-18-17(29-19(28)26-18)10-13-5-8-27(9-6-13)12-14-3-4-15(11-16(14)21)20(22,23)24/h1,3-4,10-11,13H,5-9,12H2,(H,25,26,28)/b17-10-. The Bertz CT molecular complexity index is 884. The lowest BCUT2D eigenvalue weighted by atomic mass is 9.95. The largest absolute Gasteiger partial charge is 0.416 e. The van der Waals surface area contributed by atoms with Crippen LogP contribution >= 0.6 is 23.4 Å². The highest BCUT2D eigenvalue weighted by Gasteiger charge is 2.31. The molecule has 0 bridgehead atoms. The molecule has 154 valence electrons. The maximum atomic E-state index is 12.8. The van der Waals surface area contributed by atoms with Gasteiger partial charge in [-0.15, -0.1) is 6.42 Å². The summed E-state index contributed by atoms with van der Waals surface area (Å²) in [6, 6.07) is 3.49. The molecule has 2 aliphatic rings. The summed E-state index contributed by atoms with van der Waals surface area (Å²) in [7, 11) is 0. The Hall–Kier alpha value is -1.95. The van der Waals surface area contributed by atoms with Crippen LogP contribution in [0.1, 0.15) is 24.0 Å². The number of benzene rings is 1. The number of amides is 1. The summed E-state index contributed by atoms with van der Waals surface area (Å²) < 4.78 is 38.3. The van der Waals surface area contributed by atoms with Gasteiger partial charge in [0, 0.05) is 11.6 Å². The van der Waals surface area contributed by atoms with Gasteiger partial charge < -0.3 is 5.32 Å². The van der Waals surface area contributed by atoms with Gasteiger partial charge in [-0.2, -0.15) is 18.2 Å². The third kappa shape index (κ3) is 5.78. The van der Waals surface area contributed by atoms with Crippen molar-refractivity contribution < 1.29 is 18.0 Å². The van der Waals surface area contributed by atoms with Crippen LogP contribution in [-0.2, 0) is 12.7 Å². The molecule has 1 fully saturated rings. The number of rotatable bonds is 4. The fourth-order valence-corrected chi connectivity index (χ4v) is 4.31. The van der Waals surface area contributed by atoms with E-state index in [4.69, 9.17) is 18.0 Å². The normalized spacial score (nSPS) is 20.0. The number of nitrogens with zero attached hydrogens (tertiary/aromatic N) is 2. The van der Waals surface area contributed by atoms with Gasteiger partial charge in [0.15, 0.2) is 0 Å². The van der Waals surface area contributed by atoms with E-state index < -0.39 is 11.7 Å². The zero-order valence-electron chi connectivity index (χ0n) is 15.4. The fourth-order valence-electron chi connectivity index (χ4n) is 3.27. The highest BCUT2D eigenvalue weighted by Crippen LogP contribution is 2.33. The molecule has 29 heavy (non-hydrogen) atoms. The van der Waals surface area contributed by atoms with Crippen molar-refractivity contribution in [3.05, 3.63) is 45.3 Å². The van der Waals surface area contributed by atoms with Crippen LogP contribution < -0.4 is 5.32 Å². The molecule has 0 spiro atoms. The maximum absolute atomic E-state index is 12.8. The van der Waals surface area contributed by atoms with E-state index in [9.17, 15) is 18.0 Å². The zero-order valence-corrected chi connectivity index (χ0v) is 17.0. The van der Waals surface area contributed by atoms with Crippen LogP contribution in [-0.4, -0.2) is 35.6 Å². The smallest absolute Gasteiger partial charge is 0.358 e. The number of hydrogen-bond donors (Lipinski definition) is 1. The van der Waals surface area contributed by atoms with Crippen molar-refractivity contribution in [3.8, 4) is 12.3 Å². The number of nitrogens with one attached hydrogen (secondary N) is 1. The summed E-state index contributed by atoms with van der Waals surface area (Å²) >= 11 is 7.15. The number of piperidine rings is 1. The lowest BCUT2D eigenvalue weighted by Crippen LogP contribution is -2.33. The predicted octanol–water partition coefficient (Wildman–Crippen LogP) is 4.94. The number of alkyl halides is 3. The van der Waals surface area contributed by atoms with Gasteiger partial charge in [-0.25, -0.2) is 0 Å². The summed E-state index contributed by atoms with van der Waals surface area (Å²) in [5, 5.41) is 2.83. The number of likely N-dealkylation sites (tertiary alicyclic amines) is 1. The van der Waals surface area contributed by atoms with Gasteiger partial charge >= 0.3 is 11.4 Å². The van der Waals surface area contributed by atoms with Crippen LogP contribution in [0.25, 0.3) is 0 Å². The number of amidine groups is 1. The summed E-state index contributed by atoms with van der Waals surface area (Å²) in [6.07, 6.45) is 4.65. The molecule has 1 N–H and O–H groups in total. The molecule has 1 aromatic carbocycles. The fraction of sp³-hybridized carbons (Fsp3) is 0.400. The lowest BCUT2D eigenvalue weighted by Gasteiger charge is -2.31. The zero-order chi connectivity index (χ0) is 21.0. The van der Waals surface area contributed by atoms with Crippen molar-refractivity contribution >= 4 is 34.4 Å². The minimum atomic E-state index is -4.40. The van der Waals surface area contributed by atoms with Crippen LogP contribution in [0.2, 0.25) is 5.02 Å². The number of carbonyl (C=O) groups excluding carboxylic acids is 1. The van der Waals surface area contributed by atoms with Crippen LogP contribution in [0.5, 0.6) is 0 Å². The molecule has 0 aromatic heterocycles. The number of carbonyl (C=O) groups is 1. The molecular formula is C20H19ClF3N3OS. The van der Waals surface area contributed by atoms with Crippen LogP contribution in [0.4, 0.5) is 18.0 Å². The molecule has 1 saturated heterocycles. The SMILES string of the molecule is C#CCNC1=NC(=O)S/C1=C\C1CCN(Cc2ccc(C(F)(F)F)cc2Cl)CC1. The molecule has 1 amide bonds. The molecular weight excluding hydrogens is 423 g/mol. The van der Waals surface area contributed by atoms with E-state index in [0.717, 1.165) is 54.7 Å². The average Bonchev–Trinajstić information content (AvgIpc) is 3.01. The molecule has 9 heteroatoms. The van der Waals surface area contributed by atoms with E-state index in [1.165, 1.54) is 6.07 Å². The first kappa shape index (κ1) is 21.8. The van der Waals surface area contributed by atoms with Crippen molar-refractivity contribution in [2.24, 2.45) is 10.9 Å². The quantitative estimate of drug-likeness (QED) is 0.672. The summed E-state index contributed by atoms with van der Waals surface area (Å²) in [5.74, 6) is 3.28. The Balaban J connectivity index is 1.57. The minimum Gasteiger partial charge on any atom is -0.358 e. The molecule has 0 aliphatic carbocycles. The molecule has 0 radical (unpaired) electrons. The van der Waals surface area contributed by atoms with E-state index in [0.29, 0.717) is 30.4 Å². The van der Waals surface area contributed by atoms with Gasteiger partial charge in [0.1, 0.15) is 5.84 Å². The topological polar surface area (TPSA) is 44.7 Å². The Labute approximate surface area is 176 Å². The van der Waals surface area contributed by atoms with E-state index in [1.54, 1.807) is 0 Å². The lowest BCUT2D eigenvalue weighted by molar-refractivity contribution is -0.137. The van der Waals surface area contributed by atoms with Crippen LogP contribution in [0, 0.1) is 18.3 Å². The number of thioether (sulfide) groups is 1. The number of terminal acetylenes is 1. The van der Waals surface area contributed by atoms with Gasteiger partial charge in [0.05, 0.1) is 17.0 Å². The van der Waals surface area contributed by atoms with Crippen molar-refractivity contribution in [2.45, 2.75) is 25.6 Å². The molecule has 1 aromatic rings. The van der Waals surface area contributed by atoms with E-state index in [-0.39, 0.29) is 10.3 Å². The number of halogens is 4. The van der Waals surface area contributed by atoms with E-state index in [2.05, 4.69) is 27.2 Å². The monoisotopic (exact) mass is 441 g/mol. The molecule has 0 atom stereocenters. The second-order valence-electron chi connectivity index (χ2n) is 6.83. The molecule has 4 nitrogen and oxygen atoms in total. The van der Waals surface area contributed by atoms with Gasteiger partial charge in [0.2, 0.25) is 0 Å². The van der Waals surface area contributed by atoms with Crippen molar-refractivity contribution in [1.82, 2.24) is 10.2 Å². The molecule has 0 saturated carbocycles. The summed E-state index contributed by atoms with van der Waals surface area (Å²) in [4.78, 5) is 18.5. The first-order chi connectivity index (χ1) is 13.8. The predicted molar refractivity (Wildman–Crippen MR) is 110 cm³/mol. The number of allylic oxidation sites excluding steroid dienone is 1. The second kappa shape index (κ2) is 9.24. The van der Waals surface area contributed by atoms with Gasteiger partial charge in [-0.3, -0.25) is 9.69 Å². The third-order valence-corrected chi connectivity index (χ3v) is 5.95. The Morgan fingerprint density at radius 1 is 1.38 bits per heavy atom. The summed E-state index contributed by atoms with van der Waals surface area (Å²) in [5.41, 5.74) is -0.0579. The van der Waals surface area contributed by atoms with Gasteiger partial charge in [-0.05, 0) is 61.3 Å². The number of hydrogen-bond acceptors (Lipinski definition) is 4. The van der Waals surface area contributed by atoms with Crippen molar-refractivity contribution in [1.29, 1.82) is 0 Å².